The lowest BCUT2D eigenvalue weighted by Crippen LogP contribution is -1.77. The van der Waals surface area contributed by atoms with E-state index in [9.17, 15) is 0 Å². The Hall–Kier alpha value is -1.93. The molecule has 0 saturated heterocycles. The lowest BCUT2D eigenvalue weighted by molar-refractivity contribution is 1.22. The van der Waals surface area contributed by atoms with Crippen molar-refractivity contribution in [2.45, 2.75) is 6.42 Å². The first-order valence-corrected chi connectivity index (χ1v) is 6.79. The van der Waals surface area contributed by atoms with Crippen molar-refractivity contribution >= 4 is 27.6 Å². The molecule has 0 N–H and O–H groups in total. The maximum absolute atomic E-state index is 4.61. The van der Waals surface area contributed by atoms with Crippen molar-refractivity contribution in [3.05, 3.63) is 71.2 Å². The fraction of sp³-hybridized carbons (Fsp3) is 0.0625. The summed E-state index contributed by atoms with van der Waals surface area (Å²) >= 11 is 1.77. The SMILES string of the molecule is C(=Cc1ccccc1)Cc1nc2ccccc2s1. The molecule has 88 valence electrons. The van der Waals surface area contributed by atoms with E-state index in [1.807, 2.05) is 12.1 Å². The number of benzene rings is 2. The van der Waals surface area contributed by atoms with Crippen molar-refractivity contribution in [2.75, 3.05) is 0 Å². The summed E-state index contributed by atoms with van der Waals surface area (Å²) in [6, 6.07) is 18.6. The summed E-state index contributed by atoms with van der Waals surface area (Å²) in [6.45, 7) is 0. The Morgan fingerprint density at radius 2 is 1.72 bits per heavy atom. The van der Waals surface area contributed by atoms with Gasteiger partial charge in [-0.05, 0) is 17.7 Å². The van der Waals surface area contributed by atoms with Crippen LogP contribution in [-0.4, -0.2) is 4.98 Å². The molecule has 2 heteroatoms. The molecule has 0 aliphatic heterocycles. The second-order valence-corrected chi connectivity index (χ2v) is 5.21. The van der Waals surface area contributed by atoms with Crippen molar-refractivity contribution in [1.29, 1.82) is 0 Å². The van der Waals surface area contributed by atoms with Crippen LogP contribution in [0.5, 0.6) is 0 Å². The van der Waals surface area contributed by atoms with Gasteiger partial charge in [0.1, 0.15) is 0 Å². The first-order chi connectivity index (χ1) is 8.92. The van der Waals surface area contributed by atoms with Crippen molar-refractivity contribution in [1.82, 2.24) is 4.98 Å². The van der Waals surface area contributed by atoms with Gasteiger partial charge in [-0.15, -0.1) is 11.3 Å². The summed E-state index contributed by atoms with van der Waals surface area (Å²) in [5.74, 6) is 0. The highest BCUT2D eigenvalue weighted by Gasteiger charge is 2.00. The molecular formula is C16H13NS. The summed E-state index contributed by atoms with van der Waals surface area (Å²) in [5.41, 5.74) is 2.34. The van der Waals surface area contributed by atoms with Crippen molar-refractivity contribution < 1.29 is 0 Å². The second kappa shape index (κ2) is 5.15. The van der Waals surface area contributed by atoms with Crippen LogP contribution < -0.4 is 0 Å². The minimum atomic E-state index is 0.897. The van der Waals surface area contributed by atoms with Gasteiger partial charge in [0.25, 0.3) is 0 Å². The third kappa shape index (κ3) is 2.49. The van der Waals surface area contributed by atoms with Gasteiger partial charge >= 0.3 is 0 Å². The summed E-state index contributed by atoms with van der Waals surface area (Å²) in [5, 5.41) is 1.17. The average Bonchev–Trinajstić information content (AvgIpc) is 2.82. The van der Waals surface area contributed by atoms with E-state index < -0.39 is 0 Å². The lowest BCUT2D eigenvalue weighted by Gasteiger charge is -1.90. The fourth-order valence-electron chi connectivity index (χ4n) is 1.87. The zero-order valence-corrected chi connectivity index (χ0v) is 10.7. The minimum Gasteiger partial charge on any atom is -0.241 e. The van der Waals surface area contributed by atoms with Gasteiger partial charge in [0, 0.05) is 6.42 Å². The molecule has 3 rings (SSSR count). The molecule has 0 saturated carbocycles. The molecule has 0 atom stereocenters. The van der Waals surface area contributed by atoms with Crippen LogP contribution in [0.15, 0.2) is 60.7 Å². The third-order valence-corrected chi connectivity index (χ3v) is 3.80. The highest BCUT2D eigenvalue weighted by molar-refractivity contribution is 7.18. The van der Waals surface area contributed by atoms with Gasteiger partial charge in [0.2, 0.25) is 0 Å². The van der Waals surface area contributed by atoms with E-state index in [0.29, 0.717) is 0 Å². The molecule has 0 spiro atoms. The maximum atomic E-state index is 4.61. The summed E-state index contributed by atoms with van der Waals surface area (Å²) < 4.78 is 1.26. The van der Waals surface area contributed by atoms with E-state index in [0.717, 1.165) is 11.9 Å². The van der Waals surface area contributed by atoms with Crippen LogP contribution in [-0.2, 0) is 6.42 Å². The number of para-hydroxylation sites is 1. The Kier molecular flexibility index (Phi) is 3.20. The second-order valence-electron chi connectivity index (χ2n) is 4.09. The van der Waals surface area contributed by atoms with Gasteiger partial charge in [-0.3, -0.25) is 0 Å². The number of thiazole rings is 1. The van der Waals surface area contributed by atoms with E-state index in [1.54, 1.807) is 11.3 Å². The van der Waals surface area contributed by atoms with E-state index in [4.69, 9.17) is 0 Å². The molecule has 1 nitrogen and oxygen atoms in total. The Bertz CT molecular complexity index is 635. The summed E-state index contributed by atoms with van der Waals surface area (Å²) in [6.07, 6.45) is 5.22. The van der Waals surface area contributed by atoms with Crippen LogP contribution in [0.1, 0.15) is 10.6 Å². The number of nitrogens with zero attached hydrogens (tertiary/aromatic N) is 1. The molecule has 0 fully saturated rings. The molecular weight excluding hydrogens is 238 g/mol. The zero-order valence-electron chi connectivity index (χ0n) is 9.91. The average molecular weight is 251 g/mol. The number of hydrogen-bond donors (Lipinski definition) is 0. The van der Waals surface area contributed by atoms with E-state index in [-0.39, 0.29) is 0 Å². The summed E-state index contributed by atoms with van der Waals surface area (Å²) in [4.78, 5) is 4.61. The predicted octanol–water partition coefficient (Wildman–Crippen LogP) is 4.55. The molecule has 0 aliphatic rings. The highest BCUT2D eigenvalue weighted by Crippen LogP contribution is 2.22. The van der Waals surface area contributed by atoms with Crippen LogP contribution in [0.4, 0.5) is 0 Å². The zero-order chi connectivity index (χ0) is 12.2. The molecule has 18 heavy (non-hydrogen) atoms. The Labute approximate surface area is 110 Å². The van der Waals surface area contributed by atoms with Gasteiger partial charge in [0.15, 0.2) is 0 Å². The Morgan fingerprint density at radius 1 is 0.944 bits per heavy atom. The van der Waals surface area contributed by atoms with E-state index in [2.05, 4.69) is 59.6 Å². The van der Waals surface area contributed by atoms with Gasteiger partial charge < -0.3 is 0 Å². The number of aromatic nitrogens is 1. The minimum absolute atomic E-state index is 0.897. The van der Waals surface area contributed by atoms with Gasteiger partial charge in [-0.2, -0.15) is 0 Å². The summed E-state index contributed by atoms with van der Waals surface area (Å²) in [7, 11) is 0. The monoisotopic (exact) mass is 251 g/mol. The quantitative estimate of drug-likeness (QED) is 0.665. The number of hydrogen-bond acceptors (Lipinski definition) is 2. The van der Waals surface area contributed by atoms with Crippen molar-refractivity contribution in [3.8, 4) is 0 Å². The smallest absolute Gasteiger partial charge is 0.0976 e. The molecule has 3 aromatic rings. The third-order valence-electron chi connectivity index (χ3n) is 2.74. The van der Waals surface area contributed by atoms with E-state index in [1.165, 1.54) is 15.3 Å². The standard InChI is InChI=1S/C16H13NS/c1-2-7-13(8-3-1)9-6-12-16-17-14-10-4-5-11-15(14)18-16/h1-11H,12H2. The first-order valence-electron chi connectivity index (χ1n) is 5.98. The highest BCUT2D eigenvalue weighted by atomic mass is 32.1. The maximum Gasteiger partial charge on any atom is 0.0976 e. The van der Waals surface area contributed by atoms with Crippen LogP contribution in [0.2, 0.25) is 0 Å². The number of allylic oxidation sites excluding steroid dienone is 1. The van der Waals surface area contributed by atoms with Crippen LogP contribution in [0, 0.1) is 0 Å². The number of rotatable bonds is 3. The molecule has 0 radical (unpaired) electrons. The normalized spacial score (nSPS) is 11.3. The molecule has 0 unspecified atom stereocenters. The molecule has 2 aromatic carbocycles. The number of fused-ring (bicyclic) bond motifs is 1. The predicted molar refractivity (Wildman–Crippen MR) is 78.8 cm³/mol. The first kappa shape index (κ1) is 11.2. The molecule has 0 amide bonds. The van der Waals surface area contributed by atoms with E-state index >= 15 is 0 Å². The topological polar surface area (TPSA) is 12.9 Å². The van der Waals surface area contributed by atoms with Crippen molar-refractivity contribution in [3.63, 3.8) is 0 Å². The van der Waals surface area contributed by atoms with Gasteiger partial charge in [-0.1, -0.05) is 54.6 Å². The largest absolute Gasteiger partial charge is 0.241 e. The molecule has 0 bridgehead atoms. The lowest BCUT2D eigenvalue weighted by atomic mass is 10.2. The van der Waals surface area contributed by atoms with Crippen LogP contribution in [0.25, 0.3) is 16.3 Å². The molecule has 1 aromatic heterocycles. The van der Waals surface area contributed by atoms with Gasteiger partial charge in [0.05, 0.1) is 15.2 Å². The molecule has 0 aliphatic carbocycles. The fourth-order valence-corrected chi connectivity index (χ4v) is 2.81. The van der Waals surface area contributed by atoms with Crippen LogP contribution in [0.3, 0.4) is 0 Å². The Balaban J connectivity index is 1.75. The van der Waals surface area contributed by atoms with Crippen molar-refractivity contribution in [2.24, 2.45) is 0 Å². The van der Waals surface area contributed by atoms with Gasteiger partial charge in [-0.25, -0.2) is 4.98 Å². The molecule has 1 heterocycles. The Morgan fingerprint density at radius 3 is 2.56 bits per heavy atom. The van der Waals surface area contributed by atoms with Crippen LogP contribution >= 0.6 is 11.3 Å².